The fraction of sp³-hybridized carbons (Fsp3) is 0.857. The van der Waals surface area contributed by atoms with E-state index in [9.17, 15) is 4.79 Å². The van der Waals surface area contributed by atoms with E-state index in [0.29, 0.717) is 16.7 Å². The fourth-order valence-electron chi connectivity index (χ4n) is 5.95. The van der Waals surface area contributed by atoms with Crippen LogP contribution in [0, 0.1) is 22.2 Å². The fourth-order valence-corrected chi connectivity index (χ4v) is 6.00. The summed E-state index contributed by atoms with van der Waals surface area (Å²) in [6.07, 6.45) is 6.91. The molecule has 4 N–H and O–H groups in total. The van der Waals surface area contributed by atoms with Crippen molar-refractivity contribution in [2.24, 2.45) is 27.9 Å². The summed E-state index contributed by atoms with van der Waals surface area (Å²) in [7, 11) is 0. The number of thiocarbonyl (C=S) groups is 1. The molecule has 5 heteroatoms. The summed E-state index contributed by atoms with van der Waals surface area (Å²) in [4.78, 5) is 12.6. The maximum Gasteiger partial charge on any atom is 0.244 e. The molecule has 4 fully saturated rings. The Morgan fingerprint density at radius 1 is 1.11 bits per heavy atom. The number of nitrogens with two attached hydrogens (primary N) is 1. The average molecular weight is 281 g/mol. The quantitative estimate of drug-likeness (QED) is 0.507. The van der Waals surface area contributed by atoms with Gasteiger partial charge in [0.2, 0.25) is 5.91 Å². The maximum absolute atomic E-state index is 12.6. The van der Waals surface area contributed by atoms with Crippen molar-refractivity contribution in [3.05, 3.63) is 0 Å². The Kier molecular flexibility index (Phi) is 2.66. The SMILES string of the molecule is C[C@]12CC3CC(C(=O)NNC(N)=S)(C1)C[C@@](C)(C3)C2. The topological polar surface area (TPSA) is 67.2 Å². The molecule has 0 aliphatic heterocycles. The third kappa shape index (κ3) is 2.12. The molecule has 4 aliphatic carbocycles. The first-order chi connectivity index (χ1) is 8.74. The molecule has 4 nitrogen and oxygen atoms in total. The zero-order chi connectivity index (χ0) is 13.9. The molecule has 0 aromatic carbocycles. The lowest BCUT2D eigenvalue weighted by molar-refractivity contribution is -0.170. The van der Waals surface area contributed by atoms with E-state index in [2.05, 4.69) is 24.7 Å². The first-order valence-corrected chi connectivity index (χ1v) is 7.51. The minimum Gasteiger partial charge on any atom is -0.375 e. The third-order valence-electron chi connectivity index (χ3n) is 5.41. The van der Waals surface area contributed by atoms with Crippen molar-refractivity contribution in [1.29, 1.82) is 0 Å². The van der Waals surface area contributed by atoms with Crippen molar-refractivity contribution in [2.75, 3.05) is 0 Å². The summed E-state index contributed by atoms with van der Waals surface area (Å²) >= 11 is 4.75. The highest BCUT2D eigenvalue weighted by atomic mass is 32.1. The Morgan fingerprint density at radius 3 is 2.16 bits per heavy atom. The van der Waals surface area contributed by atoms with Crippen LogP contribution < -0.4 is 16.6 Å². The summed E-state index contributed by atoms with van der Waals surface area (Å²) < 4.78 is 0. The van der Waals surface area contributed by atoms with Gasteiger partial charge in [-0.3, -0.25) is 15.6 Å². The molecular weight excluding hydrogens is 258 g/mol. The van der Waals surface area contributed by atoms with Gasteiger partial charge in [0.05, 0.1) is 5.41 Å². The summed E-state index contributed by atoms with van der Waals surface area (Å²) in [6, 6.07) is 0. The van der Waals surface area contributed by atoms with Crippen LogP contribution in [0.2, 0.25) is 0 Å². The van der Waals surface area contributed by atoms with Crippen molar-refractivity contribution in [2.45, 2.75) is 52.4 Å². The summed E-state index contributed by atoms with van der Waals surface area (Å²) in [5.74, 6) is 0.795. The average Bonchev–Trinajstić information content (AvgIpc) is 2.20. The van der Waals surface area contributed by atoms with E-state index >= 15 is 0 Å². The second-order valence-electron chi connectivity index (χ2n) is 7.85. The Labute approximate surface area is 119 Å². The van der Waals surface area contributed by atoms with E-state index in [4.69, 9.17) is 18.0 Å². The molecule has 19 heavy (non-hydrogen) atoms. The van der Waals surface area contributed by atoms with E-state index < -0.39 is 0 Å². The predicted octanol–water partition coefficient (Wildman–Crippen LogP) is 1.85. The van der Waals surface area contributed by atoms with E-state index in [1.165, 1.54) is 19.3 Å². The van der Waals surface area contributed by atoms with Gasteiger partial charge in [0.15, 0.2) is 5.11 Å². The molecule has 4 aliphatic rings. The molecule has 0 aromatic heterocycles. The van der Waals surface area contributed by atoms with Gasteiger partial charge in [0, 0.05) is 0 Å². The van der Waals surface area contributed by atoms with Crippen molar-refractivity contribution in [3.63, 3.8) is 0 Å². The van der Waals surface area contributed by atoms with Gasteiger partial charge in [-0.05, 0) is 67.5 Å². The number of hydrogen-bond donors (Lipinski definition) is 3. The van der Waals surface area contributed by atoms with Crippen LogP contribution in [0.4, 0.5) is 0 Å². The number of amides is 1. The van der Waals surface area contributed by atoms with Crippen molar-refractivity contribution >= 4 is 23.2 Å². The Bertz CT molecular complexity index is 432. The van der Waals surface area contributed by atoms with Gasteiger partial charge in [0.1, 0.15) is 0 Å². The Hall–Kier alpha value is -0.840. The molecule has 4 rings (SSSR count). The van der Waals surface area contributed by atoms with Gasteiger partial charge in [-0.25, -0.2) is 0 Å². The van der Waals surface area contributed by atoms with Gasteiger partial charge in [-0.1, -0.05) is 13.8 Å². The summed E-state index contributed by atoms with van der Waals surface area (Å²) in [6.45, 7) is 4.72. The first-order valence-electron chi connectivity index (χ1n) is 7.10. The number of carbonyl (C=O) groups is 1. The normalized spacial score (nSPS) is 46.9. The van der Waals surface area contributed by atoms with Gasteiger partial charge in [-0.2, -0.15) is 0 Å². The molecule has 0 aromatic rings. The largest absolute Gasteiger partial charge is 0.375 e. The van der Waals surface area contributed by atoms with E-state index in [1.54, 1.807) is 0 Å². The van der Waals surface area contributed by atoms with Crippen LogP contribution in [0.3, 0.4) is 0 Å². The molecule has 0 spiro atoms. The minimum atomic E-state index is -0.208. The maximum atomic E-state index is 12.6. The summed E-state index contributed by atoms with van der Waals surface area (Å²) in [5.41, 5.74) is 11.2. The number of rotatable bonds is 1. The highest BCUT2D eigenvalue weighted by Gasteiger charge is 2.62. The predicted molar refractivity (Wildman–Crippen MR) is 77.9 cm³/mol. The number of carbonyl (C=O) groups excluding carboxylic acids is 1. The van der Waals surface area contributed by atoms with E-state index in [1.807, 2.05) is 0 Å². The molecule has 106 valence electrons. The van der Waals surface area contributed by atoms with E-state index in [0.717, 1.165) is 19.3 Å². The molecule has 0 saturated heterocycles. The van der Waals surface area contributed by atoms with Gasteiger partial charge < -0.3 is 5.73 Å². The second-order valence-corrected chi connectivity index (χ2v) is 8.29. The van der Waals surface area contributed by atoms with E-state index in [-0.39, 0.29) is 16.4 Å². The van der Waals surface area contributed by atoms with Crippen molar-refractivity contribution in [1.82, 2.24) is 10.9 Å². The molecule has 0 radical (unpaired) electrons. The Morgan fingerprint density at radius 2 is 1.68 bits per heavy atom. The molecule has 0 heterocycles. The zero-order valence-electron chi connectivity index (χ0n) is 11.7. The minimum absolute atomic E-state index is 0.0850. The Balaban J connectivity index is 1.84. The summed E-state index contributed by atoms with van der Waals surface area (Å²) in [5, 5.41) is 0.121. The van der Waals surface area contributed by atoms with Gasteiger partial charge in [-0.15, -0.1) is 0 Å². The van der Waals surface area contributed by atoms with Crippen LogP contribution in [0.1, 0.15) is 52.4 Å². The molecule has 4 saturated carbocycles. The van der Waals surface area contributed by atoms with Crippen LogP contribution in [0.25, 0.3) is 0 Å². The highest BCUT2D eigenvalue weighted by molar-refractivity contribution is 7.80. The first kappa shape index (κ1) is 13.2. The van der Waals surface area contributed by atoms with Crippen LogP contribution in [-0.4, -0.2) is 11.0 Å². The number of hydrogen-bond acceptors (Lipinski definition) is 2. The van der Waals surface area contributed by atoms with Gasteiger partial charge >= 0.3 is 0 Å². The van der Waals surface area contributed by atoms with Crippen molar-refractivity contribution < 1.29 is 4.79 Å². The van der Waals surface area contributed by atoms with Crippen LogP contribution in [0.15, 0.2) is 0 Å². The molecule has 2 unspecified atom stereocenters. The molecule has 1 amide bonds. The lowest BCUT2D eigenvalue weighted by Crippen LogP contribution is -2.61. The second kappa shape index (κ2) is 3.84. The lowest BCUT2D eigenvalue weighted by atomic mass is 9.40. The number of hydrazine groups is 1. The van der Waals surface area contributed by atoms with Crippen LogP contribution in [-0.2, 0) is 4.79 Å². The monoisotopic (exact) mass is 281 g/mol. The van der Waals surface area contributed by atoms with Crippen LogP contribution in [0.5, 0.6) is 0 Å². The molecule has 4 atom stereocenters. The van der Waals surface area contributed by atoms with Crippen LogP contribution >= 0.6 is 12.2 Å². The van der Waals surface area contributed by atoms with Gasteiger partial charge in [0.25, 0.3) is 0 Å². The highest BCUT2D eigenvalue weighted by Crippen LogP contribution is 2.69. The smallest absolute Gasteiger partial charge is 0.244 e. The third-order valence-corrected chi connectivity index (χ3v) is 5.51. The lowest BCUT2D eigenvalue weighted by Gasteiger charge is -2.64. The molecule has 4 bridgehead atoms. The van der Waals surface area contributed by atoms with Crippen molar-refractivity contribution in [3.8, 4) is 0 Å². The molecular formula is C14H23N3OS. The zero-order valence-corrected chi connectivity index (χ0v) is 12.5. The standard InChI is InChI=1S/C14H23N3OS/c1-12-3-9-4-13(2,6-12)8-14(5-9,7-12)10(18)16-17-11(15)19/h9H,3-8H2,1-2H3,(H,16,18)(H3,15,17,19)/t9?,12-,13+,14?. The number of nitrogens with one attached hydrogen (secondary N) is 2.